The fourth-order valence-electron chi connectivity index (χ4n) is 3.63. The number of hydrogen-bond acceptors (Lipinski definition) is 4. The SMILES string of the molecule is O=C(OCc1ccccc1)N1CC[C@H](F)[C@H](NS(=O)(=O)CF)[C@@H]1Cc1cccc(Br)c1F. The molecular weight excluding hydrogens is 513 g/mol. The molecule has 11 heteroatoms. The van der Waals surface area contributed by atoms with Crippen molar-refractivity contribution in [3.63, 3.8) is 0 Å². The van der Waals surface area contributed by atoms with Crippen LogP contribution in [0, 0.1) is 5.82 Å². The summed E-state index contributed by atoms with van der Waals surface area (Å²) in [6.45, 7) is -0.114. The van der Waals surface area contributed by atoms with Gasteiger partial charge in [0, 0.05) is 6.54 Å². The first-order valence-corrected chi connectivity index (χ1v) is 12.3. The normalized spacial score (nSPS) is 21.4. The van der Waals surface area contributed by atoms with Crippen LogP contribution in [0.25, 0.3) is 0 Å². The minimum atomic E-state index is -4.44. The third-order valence-electron chi connectivity index (χ3n) is 5.21. The number of likely N-dealkylation sites (tertiary alicyclic amines) is 1. The van der Waals surface area contributed by atoms with Crippen LogP contribution in [0.2, 0.25) is 0 Å². The van der Waals surface area contributed by atoms with Crippen molar-refractivity contribution in [3.8, 4) is 0 Å². The van der Waals surface area contributed by atoms with E-state index in [-0.39, 0.29) is 36.0 Å². The Hall–Kier alpha value is -2.11. The quantitative estimate of drug-likeness (QED) is 0.580. The van der Waals surface area contributed by atoms with Crippen LogP contribution in [0.15, 0.2) is 53.0 Å². The van der Waals surface area contributed by atoms with Gasteiger partial charge in [-0.3, -0.25) is 0 Å². The molecule has 2 aromatic carbocycles. The lowest BCUT2D eigenvalue weighted by atomic mass is 9.90. The second-order valence-electron chi connectivity index (χ2n) is 7.39. The van der Waals surface area contributed by atoms with Crippen molar-refractivity contribution in [2.24, 2.45) is 0 Å². The molecule has 1 fully saturated rings. The number of ether oxygens (including phenoxy) is 1. The molecule has 1 N–H and O–H groups in total. The van der Waals surface area contributed by atoms with E-state index >= 15 is 0 Å². The van der Waals surface area contributed by atoms with Crippen LogP contribution in [0.1, 0.15) is 17.5 Å². The molecule has 3 rings (SSSR count). The van der Waals surface area contributed by atoms with Crippen molar-refractivity contribution < 1.29 is 31.1 Å². The maximum atomic E-state index is 14.8. The highest BCUT2D eigenvalue weighted by molar-refractivity contribution is 9.10. The molecule has 1 heterocycles. The predicted octanol–water partition coefficient (Wildman–Crippen LogP) is 4.09. The van der Waals surface area contributed by atoms with Crippen LogP contribution < -0.4 is 4.72 Å². The largest absolute Gasteiger partial charge is 0.445 e. The number of piperidine rings is 1. The summed E-state index contributed by atoms with van der Waals surface area (Å²) in [6, 6.07) is 9.03. The van der Waals surface area contributed by atoms with Gasteiger partial charge in [0.2, 0.25) is 16.0 Å². The van der Waals surface area contributed by atoms with E-state index in [4.69, 9.17) is 4.74 Å². The first kappa shape index (κ1) is 24.5. The number of carbonyl (C=O) groups excluding carboxylic acids is 1. The molecule has 0 unspecified atom stereocenters. The molecule has 3 atom stereocenters. The third-order valence-corrected chi connectivity index (χ3v) is 6.74. The van der Waals surface area contributed by atoms with Crippen molar-refractivity contribution in [2.75, 3.05) is 12.6 Å². The van der Waals surface area contributed by atoms with Crippen LogP contribution in [-0.4, -0.2) is 50.2 Å². The van der Waals surface area contributed by atoms with Gasteiger partial charge in [0.15, 0.2) is 0 Å². The van der Waals surface area contributed by atoms with Gasteiger partial charge in [-0.1, -0.05) is 42.5 Å². The molecule has 1 aliphatic rings. The molecule has 1 saturated heterocycles. The number of benzene rings is 2. The molecule has 1 aliphatic heterocycles. The highest BCUT2D eigenvalue weighted by atomic mass is 79.9. The summed E-state index contributed by atoms with van der Waals surface area (Å²) in [6.07, 6.45) is -2.89. The Kier molecular flexibility index (Phi) is 8.18. The van der Waals surface area contributed by atoms with Crippen molar-refractivity contribution in [1.82, 2.24) is 9.62 Å². The lowest BCUT2D eigenvalue weighted by Crippen LogP contribution is -2.62. The summed E-state index contributed by atoms with van der Waals surface area (Å²) in [7, 11) is -4.44. The minimum absolute atomic E-state index is 0.0476. The summed E-state index contributed by atoms with van der Waals surface area (Å²) in [5.74, 6) is -0.613. The third kappa shape index (κ3) is 6.02. The zero-order valence-corrected chi connectivity index (χ0v) is 19.3. The topological polar surface area (TPSA) is 75.7 Å². The van der Waals surface area contributed by atoms with Crippen LogP contribution in [0.4, 0.5) is 18.0 Å². The fourth-order valence-corrected chi connectivity index (χ4v) is 4.82. The van der Waals surface area contributed by atoms with Crippen LogP contribution >= 0.6 is 15.9 Å². The van der Waals surface area contributed by atoms with Gasteiger partial charge in [0.25, 0.3) is 0 Å². The lowest BCUT2D eigenvalue weighted by Gasteiger charge is -2.42. The van der Waals surface area contributed by atoms with Crippen molar-refractivity contribution in [3.05, 3.63) is 69.9 Å². The number of amides is 1. The smallest absolute Gasteiger partial charge is 0.410 e. The van der Waals surface area contributed by atoms with Gasteiger partial charge in [-0.15, -0.1) is 0 Å². The molecule has 0 aromatic heterocycles. The van der Waals surface area contributed by atoms with E-state index in [2.05, 4.69) is 15.9 Å². The molecule has 6 nitrogen and oxygen atoms in total. The summed E-state index contributed by atoms with van der Waals surface area (Å²) in [5.41, 5.74) is 0.870. The van der Waals surface area contributed by atoms with Gasteiger partial charge in [0.1, 0.15) is 18.6 Å². The van der Waals surface area contributed by atoms with E-state index in [0.29, 0.717) is 0 Å². The molecule has 0 radical (unpaired) electrons. The number of sulfonamides is 1. The van der Waals surface area contributed by atoms with E-state index in [1.807, 2.05) is 10.8 Å². The van der Waals surface area contributed by atoms with E-state index < -0.39 is 46.2 Å². The van der Waals surface area contributed by atoms with Gasteiger partial charge < -0.3 is 9.64 Å². The highest BCUT2D eigenvalue weighted by Crippen LogP contribution is 2.28. The Morgan fingerprint density at radius 1 is 1.19 bits per heavy atom. The van der Waals surface area contributed by atoms with E-state index in [1.54, 1.807) is 30.3 Å². The first-order chi connectivity index (χ1) is 15.2. The standard InChI is InChI=1S/C21H22BrF3N2O4S/c22-16-8-4-7-15(19(16)25)11-18-20(26-32(29,30)13-23)17(24)9-10-27(18)21(28)31-12-14-5-2-1-3-6-14/h1-8,17-18,20,26H,9-13H2/t17-,18-,20-/m0/s1. The maximum Gasteiger partial charge on any atom is 0.410 e. The van der Waals surface area contributed by atoms with Gasteiger partial charge in [-0.05, 0) is 46.0 Å². The predicted molar refractivity (Wildman–Crippen MR) is 116 cm³/mol. The Labute approximate surface area is 192 Å². The number of nitrogens with zero attached hydrogens (tertiary/aromatic N) is 1. The molecule has 32 heavy (non-hydrogen) atoms. The molecule has 0 spiro atoms. The number of rotatable bonds is 7. The van der Waals surface area contributed by atoms with Gasteiger partial charge in [0.05, 0.1) is 16.6 Å². The molecule has 0 aliphatic carbocycles. The number of alkyl halides is 2. The van der Waals surface area contributed by atoms with E-state index in [1.165, 1.54) is 17.0 Å². The maximum absolute atomic E-state index is 14.8. The summed E-state index contributed by atoms with van der Waals surface area (Å²) in [4.78, 5) is 14.0. The molecule has 0 bridgehead atoms. The second kappa shape index (κ2) is 10.7. The molecular formula is C21H22BrF3N2O4S. The van der Waals surface area contributed by atoms with Crippen molar-refractivity contribution in [1.29, 1.82) is 0 Å². The van der Waals surface area contributed by atoms with Crippen molar-refractivity contribution in [2.45, 2.75) is 37.7 Å². The Bertz CT molecular complexity index is 1040. The Morgan fingerprint density at radius 2 is 1.91 bits per heavy atom. The Balaban J connectivity index is 1.88. The molecule has 0 saturated carbocycles. The van der Waals surface area contributed by atoms with E-state index in [0.717, 1.165) is 5.56 Å². The molecule has 2 aromatic rings. The number of hydrogen-bond donors (Lipinski definition) is 1. The van der Waals surface area contributed by atoms with Crippen LogP contribution in [0.5, 0.6) is 0 Å². The second-order valence-corrected chi connectivity index (χ2v) is 9.93. The van der Waals surface area contributed by atoms with Crippen LogP contribution in [-0.2, 0) is 27.8 Å². The number of carbonyl (C=O) groups is 1. The lowest BCUT2D eigenvalue weighted by molar-refractivity contribution is 0.0354. The van der Waals surface area contributed by atoms with Gasteiger partial charge >= 0.3 is 6.09 Å². The summed E-state index contributed by atoms with van der Waals surface area (Å²) >= 11 is 3.08. The zero-order valence-electron chi connectivity index (χ0n) is 16.9. The Morgan fingerprint density at radius 3 is 2.59 bits per heavy atom. The molecule has 1 amide bonds. The summed E-state index contributed by atoms with van der Waals surface area (Å²) < 4.78 is 73.6. The highest BCUT2D eigenvalue weighted by Gasteiger charge is 2.43. The zero-order chi connectivity index (χ0) is 23.3. The van der Waals surface area contributed by atoms with Crippen molar-refractivity contribution >= 4 is 32.0 Å². The van der Waals surface area contributed by atoms with E-state index in [9.17, 15) is 26.4 Å². The van der Waals surface area contributed by atoms with Crippen LogP contribution in [0.3, 0.4) is 0 Å². The first-order valence-electron chi connectivity index (χ1n) is 9.82. The minimum Gasteiger partial charge on any atom is -0.445 e. The average molecular weight is 535 g/mol. The molecule has 174 valence electrons. The fraction of sp³-hybridized carbons (Fsp3) is 0.381. The monoisotopic (exact) mass is 534 g/mol. The number of halogens is 4. The van der Waals surface area contributed by atoms with Gasteiger partial charge in [-0.2, -0.15) is 0 Å². The van der Waals surface area contributed by atoms with Gasteiger partial charge in [-0.25, -0.2) is 31.1 Å². The average Bonchev–Trinajstić information content (AvgIpc) is 2.78. The summed E-state index contributed by atoms with van der Waals surface area (Å²) in [5, 5.41) is 0. The number of nitrogens with one attached hydrogen (secondary N) is 1.